The molecule has 1 fully saturated rings. The first-order valence-electron chi connectivity index (χ1n) is 9.36. The zero-order valence-corrected chi connectivity index (χ0v) is 18.2. The standard InChI is InChI=1S/C22H22BrN3OS/c1-14(2)13-26-21(20(25-22(26)28)17-5-3-4-12-24-17)19-11-10-18(27-19)15-6-8-16(23)9-7-15/h3-12,14,20-21H,13H2,1-2H3,(H,25,28)/t20-,21+/m0/s1. The Morgan fingerprint density at radius 3 is 2.61 bits per heavy atom. The molecule has 0 aliphatic carbocycles. The summed E-state index contributed by atoms with van der Waals surface area (Å²) < 4.78 is 7.37. The second-order valence-corrected chi connectivity index (χ2v) is 8.68. The van der Waals surface area contributed by atoms with Gasteiger partial charge in [0.25, 0.3) is 0 Å². The molecule has 3 heterocycles. The van der Waals surface area contributed by atoms with E-state index in [1.54, 1.807) is 0 Å². The molecule has 1 saturated heterocycles. The molecule has 0 bridgehead atoms. The van der Waals surface area contributed by atoms with E-state index >= 15 is 0 Å². The quantitative estimate of drug-likeness (QED) is 0.497. The lowest BCUT2D eigenvalue weighted by Crippen LogP contribution is -2.32. The molecule has 2 atom stereocenters. The molecule has 4 nitrogen and oxygen atoms in total. The van der Waals surface area contributed by atoms with Crippen LogP contribution in [0.25, 0.3) is 11.3 Å². The topological polar surface area (TPSA) is 41.3 Å². The van der Waals surface area contributed by atoms with E-state index in [0.29, 0.717) is 5.92 Å². The van der Waals surface area contributed by atoms with Gasteiger partial charge in [-0.2, -0.15) is 0 Å². The zero-order chi connectivity index (χ0) is 19.7. The largest absolute Gasteiger partial charge is 0.459 e. The van der Waals surface area contributed by atoms with Gasteiger partial charge < -0.3 is 14.6 Å². The Balaban J connectivity index is 1.72. The van der Waals surface area contributed by atoms with Gasteiger partial charge in [-0.25, -0.2) is 0 Å². The van der Waals surface area contributed by atoms with Crippen molar-refractivity contribution in [2.24, 2.45) is 5.92 Å². The third-order valence-electron chi connectivity index (χ3n) is 4.81. The summed E-state index contributed by atoms with van der Waals surface area (Å²) in [6.07, 6.45) is 1.82. The molecular formula is C22H22BrN3OS. The second kappa shape index (κ2) is 8.05. The van der Waals surface area contributed by atoms with Crippen LogP contribution >= 0.6 is 28.1 Å². The summed E-state index contributed by atoms with van der Waals surface area (Å²) in [4.78, 5) is 6.79. The number of nitrogens with zero attached hydrogens (tertiary/aromatic N) is 2. The second-order valence-electron chi connectivity index (χ2n) is 7.38. The molecule has 28 heavy (non-hydrogen) atoms. The van der Waals surface area contributed by atoms with Gasteiger partial charge in [-0.1, -0.05) is 48.0 Å². The summed E-state index contributed by atoms with van der Waals surface area (Å²) in [5.41, 5.74) is 2.01. The molecule has 0 spiro atoms. The molecule has 1 N–H and O–H groups in total. The lowest BCUT2D eigenvalue weighted by Gasteiger charge is -2.27. The van der Waals surface area contributed by atoms with Gasteiger partial charge in [0.1, 0.15) is 17.6 Å². The zero-order valence-electron chi connectivity index (χ0n) is 15.8. The average molecular weight is 456 g/mol. The lowest BCUT2D eigenvalue weighted by atomic mass is 10.0. The third-order valence-corrected chi connectivity index (χ3v) is 5.69. The first-order chi connectivity index (χ1) is 13.5. The van der Waals surface area contributed by atoms with E-state index in [-0.39, 0.29) is 12.1 Å². The van der Waals surface area contributed by atoms with E-state index in [1.807, 2.05) is 54.7 Å². The predicted octanol–water partition coefficient (Wildman–Crippen LogP) is 5.73. The van der Waals surface area contributed by atoms with Crippen molar-refractivity contribution < 1.29 is 4.42 Å². The van der Waals surface area contributed by atoms with E-state index in [1.165, 1.54) is 0 Å². The van der Waals surface area contributed by atoms with Crippen molar-refractivity contribution in [1.82, 2.24) is 15.2 Å². The Labute approximate surface area is 179 Å². The van der Waals surface area contributed by atoms with E-state index in [9.17, 15) is 0 Å². The van der Waals surface area contributed by atoms with E-state index in [0.717, 1.165) is 38.9 Å². The molecule has 6 heteroatoms. The Hall–Kier alpha value is -2.18. The summed E-state index contributed by atoms with van der Waals surface area (Å²) in [7, 11) is 0. The number of rotatable bonds is 5. The number of hydrogen-bond donors (Lipinski definition) is 1. The SMILES string of the molecule is CC(C)CN1C(=S)N[C@@H](c2ccccn2)[C@H]1c1ccc(-c2ccc(Br)cc2)o1. The predicted molar refractivity (Wildman–Crippen MR) is 119 cm³/mol. The van der Waals surface area contributed by atoms with Crippen molar-refractivity contribution >= 4 is 33.3 Å². The fraction of sp³-hybridized carbons (Fsp3) is 0.273. The maximum Gasteiger partial charge on any atom is 0.170 e. The van der Waals surface area contributed by atoms with Crippen LogP contribution in [0.3, 0.4) is 0 Å². The maximum atomic E-state index is 6.32. The number of halogens is 1. The highest BCUT2D eigenvalue weighted by molar-refractivity contribution is 9.10. The van der Waals surface area contributed by atoms with Gasteiger partial charge in [-0.3, -0.25) is 4.98 Å². The van der Waals surface area contributed by atoms with Crippen molar-refractivity contribution in [2.75, 3.05) is 6.54 Å². The van der Waals surface area contributed by atoms with Crippen molar-refractivity contribution in [1.29, 1.82) is 0 Å². The molecule has 1 aromatic carbocycles. The highest BCUT2D eigenvalue weighted by Crippen LogP contribution is 2.40. The minimum atomic E-state index is -0.0450. The van der Waals surface area contributed by atoms with Crippen LogP contribution in [0.5, 0.6) is 0 Å². The Bertz CT molecular complexity index is 955. The summed E-state index contributed by atoms with van der Waals surface area (Å²) in [5.74, 6) is 2.22. The van der Waals surface area contributed by atoms with Crippen LogP contribution in [-0.4, -0.2) is 21.5 Å². The smallest absolute Gasteiger partial charge is 0.170 e. The summed E-state index contributed by atoms with van der Waals surface area (Å²) >= 11 is 9.15. The van der Waals surface area contributed by atoms with Crippen molar-refractivity contribution in [3.63, 3.8) is 0 Å². The molecule has 0 unspecified atom stereocenters. The molecule has 3 aromatic rings. The highest BCUT2D eigenvalue weighted by atomic mass is 79.9. The van der Waals surface area contributed by atoms with Gasteiger partial charge in [0.2, 0.25) is 0 Å². The lowest BCUT2D eigenvalue weighted by molar-refractivity contribution is 0.253. The molecule has 144 valence electrons. The molecule has 1 aliphatic heterocycles. The number of hydrogen-bond acceptors (Lipinski definition) is 3. The molecule has 2 aromatic heterocycles. The molecule has 0 saturated carbocycles. The average Bonchev–Trinajstić information content (AvgIpc) is 3.28. The van der Waals surface area contributed by atoms with Crippen molar-refractivity contribution in [2.45, 2.75) is 25.9 Å². The van der Waals surface area contributed by atoms with Gasteiger partial charge in [0.15, 0.2) is 5.11 Å². The number of nitrogens with one attached hydrogen (secondary N) is 1. The van der Waals surface area contributed by atoms with Crippen molar-refractivity contribution in [3.05, 3.63) is 76.7 Å². The van der Waals surface area contributed by atoms with Crippen LogP contribution < -0.4 is 5.32 Å². The van der Waals surface area contributed by atoms with E-state index < -0.39 is 0 Å². The normalized spacial score (nSPS) is 19.3. The van der Waals surface area contributed by atoms with Crippen LogP contribution in [-0.2, 0) is 0 Å². The minimum absolute atomic E-state index is 0.0333. The Morgan fingerprint density at radius 2 is 1.93 bits per heavy atom. The number of thiocarbonyl (C=S) groups is 1. The van der Waals surface area contributed by atoms with E-state index in [4.69, 9.17) is 16.6 Å². The Morgan fingerprint density at radius 1 is 1.14 bits per heavy atom. The first-order valence-corrected chi connectivity index (χ1v) is 10.6. The number of pyridine rings is 1. The molecule has 0 amide bonds. The molecule has 4 rings (SSSR count). The van der Waals surface area contributed by atoms with Gasteiger partial charge in [0.05, 0.1) is 11.7 Å². The van der Waals surface area contributed by atoms with Gasteiger partial charge in [-0.15, -0.1) is 0 Å². The van der Waals surface area contributed by atoms with Crippen LogP contribution in [0.2, 0.25) is 0 Å². The van der Waals surface area contributed by atoms with Crippen LogP contribution in [0.15, 0.2) is 69.7 Å². The van der Waals surface area contributed by atoms with Crippen LogP contribution in [0, 0.1) is 5.92 Å². The third kappa shape index (κ3) is 3.84. The fourth-order valence-corrected chi connectivity index (χ4v) is 4.16. The van der Waals surface area contributed by atoms with E-state index in [2.05, 4.69) is 51.0 Å². The van der Waals surface area contributed by atoms with Gasteiger partial charge in [-0.05, 0) is 54.5 Å². The number of furan rings is 1. The van der Waals surface area contributed by atoms with Crippen LogP contribution in [0.4, 0.5) is 0 Å². The fourth-order valence-electron chi connectivity index (χ4n) is 3.59. The van der Waals surface area contributed by atoms with Crippen molar-refractivity contribution in [3.8, 4) is 11.3 Å². The molecular weight excluding hydrogens is 434 g/mol. The van der Waals surface area contributed by atoms with Gasteiger partial charge >= 0.3 is 0 Å². The van der Waals surface area contributed by atoms with Gasteiger partial charge in [0, 0.05) is 22.8 Å². The monoisotopic (exact) mass is 455 g/mol. The maximum absolute atomic E-state index is 6.32. The highest BCUT2D eigenvalue weighted by Gasteiger charge is 2.41. The molecule has 1 aliphatic rings. The number of aromatic nitrogens is 1. The Kier molecular flexibility index (Phi) is 5.51. The number of benzene rings is 1. The summed E-state index contributed by atoms with van der Waals surface area (Å²) in [5, 5.41) is 4.21. The minimum Gasteiger partial charge on any atom is -0.459 e. The first kappa shape index (κ1) is 19.2. The van der Waals surface area contributed by atoms with Crippen LogP contribution in [0.1, 0.15) is 37.4 Å². The summed E-state index contributed by atoms with van der Waals surface area (Å²) in [6.45, 7) is 5.25. The molecule has 0 radical (unpaired) electrons. The summed E-state index contributed by atoms with van der Waals surface area (Å²) in [6, 6.07) is 18.1.